The van der Waals surface area contributed by atoms with Gasteiger partial charge in [0.15, 0.2) is 0 Å². The lowest BCUT2D eigenvalue weighted by atomic mass is 10.1. The number of carbonyl (C=O) groups excluding carboxylic acids is 1. The lowest BCUT2D eigenvalue weighted by Gasteiger charge is -2.19. The number of H-pyrrole nitrogens is 1. The Labute approximate surface area is 169 Å². The van der Waals surface area contributed by atoms with E-state index in [4.69, 9.17) is 4.74 Å². The van der Waals surface area contributed by atoms with E-state index >= 15 is 0 Å². The second-order valence-electron chi connectivity index (χ2n) is 6.98. The Morgan fingerprint density at radius 1 is 1.07 bits per heavy atom. The third-order valence-corrected chi connectivity index (χ3v) is 4.82. The molecule has 29 heavy (non-hydrogen) atoms. The van der Waals surface area contributed by atoms with Crippen molar-refractivity contribution in [1.82, 2.24) is 15.2 Å². The van der Waals surface area contributed by atoms with Crippen LogP contribution in [0.2, 0.25) is 0 Å². The number of nitrogens with one attached hydrogen (secondary N) is 1. The Morgan fingerprint density at radius 3 is 2.38 bits per heavy atom. The van der Waals surface area contributed by atoms with Crippen molar-refractivity contribution in [3.63, 3.8) is 0 Å². The van der Waals surface area contributed by atoms with Crippen molar-refractivity contribution in [2.24, 2.45) is 5.10 Å². The number of aromatic nitrogens is 2. The zero-order valence-corrected chi connectivity index (χ0v) is 16.6. The summed E-state index contributed by atoms with van der Waals surface area (Å²) in [5.41, 5.74) is 5.35. The molecule has 0 bridgehead atoms. The van der Waals surface area contributed by atoms with Crippen LogP contribution in [0.3, 0.4) is 0 Å². The predicted molar refractivity (Wildman–Crippen MR) is 113 cm³/mol. The quantitative estimate of drug-likeness (QED) is 0.724. The standard InChI is InChI=1S/C23H22N4O2/c1-15(14-18-10-6-4-7-11-18)23-27(17(3)28)26-22(29-23)21-16(2)20(24-25-21)19-12-8-5-9-13-19/h4-14,23H,1-3H3,(H,24,25)/b15-14+. The van der Waals surface area contributed by atoms with Crippen LogP contribution >= 0.6 is 0 Å². The normalized spacial score (nSPS) is 16.5. The van der Waals surface area contributed by atoms with E-state index in [-0.39, 0.29) is 5.91 Å². The maximum Gasteiger partial charge on any atom is 0.259 e. The lowest BCUT2D eigenvalue weighted by molar-refractivity contribution is -0.133. The average molecular weight is 386 g/mol. The van der Waals surface area contributed by atoms with Crippen LogP contribution in [0.5, 0.6) is 0 Å². The van der Waals surface area contributed by atoms with E-state index in [9.17, 15) is 4.79 Å². The van der Waals surface area contributed by atoms with E-state index < -0.39 is 6.23 Å². The molecule has 1 aliphatic heterocycles. The highest BCUT2D eigenvalue weighted by Crippen LogP contribution is 2.28. The largest absolute Gasteiger partial charge is 0.445 e. The third kappa shape index (κ3) is 3.69. The Hall–Kier alpha value is -3.67. The Bertz CT molecular complexity index is 1080. The molecule has 1 N–H and O–H groups in total. The van der Waals surface area contributed by atoms with Crippen LogP contribution in [-0.2, 0) is 9.53 Å². The van der Waals surface area contributed by atoms with Gasteiger partial charge >= 0.3 is 0 Å². The smallest absolute Gasteiger partial charge is 0.259 e. The van der Waals surface area contributed by atoms with Crippen molar-refractivity contribution >= 4 is 17.9 Å². The van der Waals surface area contributed by atoms with E-state index in [0.717, 1.165) is 28.0 Å². The summed E-state index contributed by atoms with van der Waals surface area (Å²) in [6, 6.07) is 19.8. The molecule has 0 radical (unpaired) electrons. The van der Waals surface area contributed by atoms with Crippen LogP contribution in [0.1, 0.15) is 30.7 Å². The average Bonchev–Trinajstić information content (AvgIpc) is 3.33. The molecule has 0 spiro atoms. The van der Waals surface area contributed by atoms with Crippen LogP contribution in [0.4, 0.5) is 0 Å². The van der Waals surface area contributed by atoms with Gasteiger partial charge in [-0.1, -0.05) is 66.7 Å². The molecule has 6 nitrogen and oxygen atoms in total. The second kappa shape index (κ2) is 7.75. The summed E-state index contributed by atoms with van der Waals surface area (Å²) in [5.74, 6) is 0.171. The van der Waals surface area contributed by atoms with Crippen molar-refractivity contribution in [1.29, 1.82) is 0 Å². The minimum Gasteiger partial charge on any atom is -0.445 e. The maximum absolute atomic E-state index is 12.2. The van der Waals surface area contributed by atoms with Gasteiger partial charge in [0, 0.05) is 18.1 Å². The van der Waals surface area contributed by atoms with Crippen molar-refractivity contribution in [3.8, 4) is 11.3 Å². The van der Waals surface area contributed by atoms with E-state index in [1.54, 1.807) is 0 Å². The Balaban J connectivity index is 1.65. The number of ether oxygens (including phenoxy) is 1. The number of hydrogen-bond donors (Lipinski definition) is 1. The topological polar surface area (TPSA) is 70.6 Å². The van der Waals surface area contributed by atoms with Gasteiger partial charge < -0.3 is 4.74 Å². The third-order valence-electron chi connectivity index (χ3n) is 4.82. The van der Waals surface area contributed by atoms with Gasteiger partial charge in [-0.25, -0.2) is 0 Å². The SMILES string of the molecule is CC(=O)N1N=C(c2[nH]nc(-c3ccccc3)c2C)OC1/C(C)=C/c1ccccc1. The van der Waals surface area contributed by atoms with Gasteiger partial charge in [-0.05, 0) is 25.0 Å². The Morgan fingerprint density at radius 2 is 1.72 bits per heavy atom. The molecule has 2 heterocycles. The fourth-order valence-corrected chi connectivity index (χ4v) is 3.33. The molecule has 3 aromatic rings. The van der Waals surface area contributed by atoms with Gasteiger partial charge in [0.2, 0.25) is 12.1 Å². The van der Waals surface area contributed by atoms with Crippen LogP contribution in [0, 0.1) is 6.92 Å². The number of rotatable bonds is 4. The summed E-state index contributed by atoms with van der Waals surface area (Å²) in [5, 5.41) is 13.3. The van der Waals surface area contributed by atoms with Crippen molar-refractivity contribution in [2.75, 3.05) is 0 Å². The molecular weight excluding hydrogens is 364 g/mol. The molecule has 1 aromatic heterocycles. The highest BCUT2D eigenvalue weighted by molar-refractivity contribution is 5.97. The van der Waals surface area contributed by atoms with Gasteiger partial charge in [0.25, 0.3) is 5.90 Å². The first-order chi connectivity index (χ1) is 14.0. The number of hydrazone groups is 1. The Kier molecular flexibility index (Phi) is 4.99. The minimum atomic E-state index is -0.592. The molecule has 0 aliphatic carbocycles. The number of hydrogen-bond acceptors (Lipinski definition) is 4. The monoisotopic (exact) mass is 386 g/mol. The molecule has 4 rings (SSSR count). The maximum atomic E-state index is 12.2. The number of carbonyl (C=O) groups is 1. The number of benzene rings is 2. The van der Waals surface area contributed by atoms with E-state index in [0.29, 0.717) is 11.6 Å². The summed E-state index contributed by atoms with van der Waals surface area (Å²) in [6.45, 7) is 5.38. The molecule has 0 saturated heterocycles. The summed E-state index contributed by atoms with van der Waals surface area (Å²) in [6.07, 6.45) is 1.40. The summed E-state index contributed by atoms with van der Waals surface area (Å²) < 4.78 is 6.10. The number of aromatic amines is 1. The molecule has 146 valence electrons. The van der Waals surface area contributed by atoms with Crippen LogP contribution < -0.4 is 0 Å². The van der Waals surface area contributed by atoms with Crippen molar-refractivity contribution < 1.29 is 9.53 Å². The fraction of sp³-hybridized carbons (Fsp3) is 0.174. The van der Waals surface area contributed by atoms with E-state index in [1.165, 1.54) is 11.9 Å². The fourth-order valence-electron chi connectivity index (χ4n) is 3.33. The van der Waals surface area contributed by atoms with Gasteiger partial charge in [-0.15, -0.1) is 5.10 Å². The van der Waals surface area contributed by atoms with Crippen molar-refractivity contribution in [3.05, 3.63) is 83.1 Å². The first-order valence-corrected chi connectivity index (χ1v) is 9.43. The first-order valence-electron chi connectivity index (χ1n) is 9.43. The second-order valence-corrected chi connectivity index (χ2v) is 6.98. The van der Waals surface area contributed by atoms with Crippen LogP contribution in [0.15, 0.2) is 71.3 Å². The van der Waals surface area contributed by atoms with Crippen molar-refractivity contribution in [2.45, 2.75) is 27.0 Å². The molecule has 1 unspecified atom stereocenters. The van der Waals surface area contributed by atoms with E-state index in [1.807, 2.05) is 80.6 Å². The number of nitrogens with zero attached hydrogens (tertiary/aromatic N) is 3. The van der Waals surface area contributed by atoms with Gasteiger partial charge in [-0.2, -0.15) is 10.1 Å². The van der Waals surface area contributed by atoms with Crippen LogP contribution in [-0.4, -0.2) is 33.2 Å². The molecule has 1 aliphatic rings. The summed E-state index contributed by atoms with van der Waals surface area (Å²) in [7, 11) is 0. The molecular formula is C23H22N4O2. The van der Waals surface area contributed by atoms with Gasteiger partial charge in [0.1, 0.15) is 5.69 Å². The molecule has 2 aromatic carbocycles. The minimum absolute atomic E-state index is 0.189. The molecule has 1 amide bonds. The number of amides is 1. The predicted octanol–water partition coefficient (Wildman–Crippen LogP) is 4.36. The highest BCUT2D eigenvalue weighted by atomic mass is 16.5. The van der Waals surface area contributed by atoms with Gasteiger partial charge in [0.05, 0.1) is 5.69 Å². The first kappa shape index (κ1) is 18.7. The zero-order valence-electron chi connectivity index (χ0n) is 16.6. The zero-order chi connectivity index (χ0) is 20.4. The molecule has 0 fully saturated rings. The highest BCUT2D eigenvalue weighted by Gasteiger charge is 2.34. The molecule has 0 saturated carbocycles. The van der Waals surface area contributed by atoms with Crippen LogP contribution in [0.25, 0.3) is 17.3 Å². The van der Waals surface area contributed by atoms with Gasteiger partial charge in [-0.3, -0.25) is 9.89 Å². The summed E-state index contributed by atoms with van der Waals surface area (Å²) >= 11 is 0. The molecule has 6 heteroatoms. The molecule has 1 atom stereocenters. The van der Waals surface area contributed by atoms with E-state index in [2.05, 4.69) is 15.3 Å². The summed E-state index contributed by atoms with van der Waals surface area (Å²) in [4.78, 5) is 12.2. The lowest BCUT2D eigenvalue weighted by Crippen LogP contribution is -2.33.